The van der Waals surface area contributed by atoms with Crippen molar-refractivity contribution < 1.29 is 44.1 Å². The van der Waals surface area contributed by atoms with Crippen LogP contribution in [0.15, 0.2) is 0 Å². The Balaban J connectivity index is 0. The molecule has 0 bridgehead atoms. The quantitative estimate of drug-likeness (QED) is 0.156. The predicted molar refractivity (Wildman–Crippen MR) is 55.2 cm³/mol. The third-order valence-electron chi connectivity index (χ3n) is 1.65. The van der Waals surface area contributed by atoms with Crippen LogP contribution < -0.4 is 0 Å². The summed E-state index contributed by atoms with van der Waals surface area (Å²) in [5.74, 6) is 0. The molecule has 0 aliphatic carbocycles. The maximum absolute atomic E-state index is 10.2. The van der Waals surface area contributed by atoms with Gasteiger partial charge < -0.3 is 35.0 Å². The molecule has 9 nitrogen and oxygen atoms in total. The monoisotopic (exact) mass is 300 g/mol. The standard InChI is InChI=1S/C6H13O9P.K.H/c7-1-3(8)5(10)6(11)4(9)2-15-16(12,13)14;;/h1,3-6,8-11H,2H2,(H2,12,13,14);;/t3-,4+,5+,6+;;/m0../s1. The second kappa shape index (κ2) is 9.21. The number of aliphatic hydroxyl groups excluding tert-OH is 4. The summed E-state index contributed by atoms with van der Waals surface area (Å²) in [6.45, 7) is -0.964. The summed E-state index contributed by atoms with van der Waals surface area (Å²) in [4.78, 5) is 26.6. The van der Waals surface area contributed by atoms with E-state index in [1.165, 1.54) is 0 Å². The summed E-state index contributed by atoms with van der Waals surface area (Å²) < 4.78 is 14.1. The third kappa shape index (κ3) is 8.89. The summed E-state index contributed by atoms with van der Waals surface area (Å²) in [7, 11) is -4.80. The van der Waals surface area contributed by atoms with Crippen molar-refractivity contribution in [3.63, 3.8) is 0 Å². The number of carbonyl (C=O) groups is 1. The summed E-state index contributed by atoms with van der Waals surface area (Å²) >= 11 is 0. The third-order valence-corrected chi connectivity index (χ3v) is 2.13. The van der Waals surface area contributed by atoms with Gasteiger partial charge in [-0.25, -0.2) is 4.57 Å². The summed E-state index contributed by atoms with van der Waals surface area (Å²) in [5.41, 5.74) is 0. The topological polar surface area (TPSA) is 165 Å². The van der Waals surface area contributed by atoms with Crippen LogP contribution >= 0.6 is 7.82 Å². The molecule has 0 heterocycles. The molecule has 0 aromatic rings. The van der Waals surface area contributed by atoms with E-state index in [1.54, 1.807) is 0 Å². The van der Waals surface area contributed by atoms with Crippen molar-refractivity contribution in [2.75, 3.05) is 6.61 Å². The van der Waals surface area contributed by atoms with Crippen molar-refractivity contribution >= 4 is 65.5 Å². The SMILES string of the molecule is O=C[C@H](O)[C@@H](O)[C@H](O)[C@H](O)COP(=O)(O)O.[KH]. The Morgan fingerprint density at radius 2 is 1.59 bits per heavy atom. The minimum atomic E-state index is -4.80. The number of hydrogen-bond acceptors (Lipinski definition) is 7. The van der Waals surface area contributed by atoms with Crippen LogP contribution in [0.2, 0.25) is 0 Å². The maximum atomic E-state index is 10.2. The molecule has 0 amide bonds. The molecule has 0 saturated carbocycles. The Kier molecular flexibility index (Phi) is 11.1. The minimum absolute atomic E-state index is 0. The van der Waals surface area contributed by atoms with E-state index in [9.17, 15) is 9.36 Å². The van der Waals surface area contributed by atoms with E-state index in [0.717, 1.165) is 0 Å². The first-order valence-electron chi connectivity index (χ1n) is 4.06. The number of phosphoric ester groups is 1. The van der Waals surface area contributed by atoms with Crippen molar-refractivity contribution in [1.82, 2.24) is 0 Å². The Morgan fingerprint density at radius 3 is 1.94 bits per heavy atom. The van der Waals surface area contributed by atoms with Gasteiger partial charge in [-0.1, -0.05) is 0 Å². The fraction of sp³-hybridized carbons (Fsp3) is 0.833. The molecular formula is C6H14KO9P. The van der Waals surface area contributed by atoms with Gasteiger partial charge in [0.2, 0.25) is 0 Å². The molecular weight excluding hydrogens is 286 g/mol. The van der Waals surface area contributed by atoms with Gasteiger partial charge in [0.05, 0.1) is 6.61 Å². The zero-order valence-corrected chi connectivity index (χ0v) is 8.84. The van der Waals surface area contributed by atoms with Crippen LogP contribution in [0.4, 0.5) is 0 Å². The number of aliphatic hydroxyl groups is 4. The molecule has 4 atom stereocenters. The molecule has 98 valence electrons. The van der Waals surface area contributed by atoms with Crippen molar-refractivity contribution in [3.05, 3.63) is 0 Å². The molecule has 0 aromatic carbocycles. The van der Waals surface area contributed by atoms with Crippen molar-refractivity contribution in [2.45, 2.75) is 24.4 Å². The molecule has 0 spiro atoms. The molecule has 11 heteroatoms. The van der Waals surface area contributed by atoms with Gasteiger partial charge in [-0.3, -0.25) is 4.52 Å². The first-order valence-corrected chi connectivity index (χ1v) is 5.59. The predicted octanol–water partition coefficient (Wildman–Crippen LogP) is -3.91. The van der Waals surface area contributed by atoms with Crippen LogP contribution in [-0.2, 0) is 13.9 Å². The van der Waals surface area contributed by atoms with E-state index in [-0.39, 0.29) is 57.7 Å². The van der Waals surface area contributed by atoms with Gasteiger partial charge in [-0.05, 0) is 0 Å². The van der Waals surface area contributed by atoms with Gasteiger partial charge >= 0.3 is 59.2 Å². The summed E-state index contributed by atoms with van der Waals surface area (Å²) in [6, 6.07) is 0. The van der Waals surface area contributed by atoms with E-state index in [1.807, 2.05) is 0 Å². The van der Waals surface area contributed by atoms with Crippen LogP contribution in [0.3, 0.4) is 0 Å². The Morgan fingerprint density at radius 1 is 1.12 bits per heavy atom. The number of rotatable bonds is 7. The average Bonchev–Trinajstić information content (AvgIpc) is 2.21. The van der Waals surface area contributed by atoms with Crippen molar-refractivity contribution in [2.24, 2.45) is 0 Å². The molecule has 0 saturated heterocycles. The molecule has 0 fully saturated rings. The molecule has 0 aromatic heterocycles. The van der Waals surface area contributed by atoms with Gasteiger partial charge in [0.25, 0.3) is 0 Å². The first kappa shape index (κ1) is 20.6. The van der Waals surface area contributed by atoms with Crippen LogP contribution in [-0.4, -0.2) is 119 Å². The van der Waals surface area contributed by atoms with Gasteiger partial charge in [0, 0.05) is 0 Å². The van der Waals surface area contributed by atoms with Crippen molar-refractivity contribution in [1.29, 1.82) is 0 Å². The Labute approximate surface area is 139 Å². The fourth-order valence-corrected chi connectivity index (χ4v) is 1.13. The van der Waals surface area contributed by atoms with E-state index in [2.05, 4.69) is 4.52 Å². The van der Waals surface area contributed by atoms with E-state index in [4.69, 9.17) is 30.2 Å². The van der Waals surface area contributed by atoms with Crippen LogP contribution in [0, 0.1) is 0 Å². The molecule has 0 aliphatic heterocycles. The zero-order chi connectivity index (χ0) is 12.9. The van der Waals surface area contributed by atoms with Gasteiger partial charge in [-0.15, -0.1) is 0 Å². The van der Waals surface area contributed by atoms with Crippen LogP contribution in [0.5, 0.6) is 0 Å². The van der Waals surface area contributed by atoms with Crippen LogP contribution in [0.25, 0.3) is 0 Å². The van der Waals surface area contributed by atoms with E-state index < -0.39 is 38.8 Å². The average molecular weight is 300 g/mol. The first-order chi connectivity index (χ1) is 7.19. The molecule has 6 N–H and O–H groups in total. The second-order valence-corrected chi connectivity index (χ2v) is 4.20. The van der Waals surface area contributed by atoms with Crippen molar-refractivity contribution in [3.8, 4) is 0 Å². The second-order valence-electron chi connectivity index (χ2n) is 2.96. The Bertz CT molecular complexity index is 268. The van der Waals surface area contributed by atoms with E-state index >= 15 is 0 Å². The molecule has 0 rings (SSSR count). The molecule has 0 aliphatic rings. The van der Waals surface area contributed by atoms with E-state index in [0.29, 0.717) is 0 Å². The van der Waals surface area contributed by atoms with Gasteiger partial charge in [0.15, 0.2) is 6.29 Å². The number of carbonyl (C=O) groups excluding carboxylic acids is 1. The number of phosphoric acid groups is 1. The zero-order valence-electron chi connectivity index (χ0n) is 7.95. The molecule has 17 heavy (non-hydrogen) atoms. The fourth-order valence-electron chi connectivity index (χ4n) is 0.782. The van der Waals surface area contributed by atoms with Gasteiger partial charge in [0.1, 0.15) is 24.4 Å². The molecule has 0 radical (unpaired) electrons. The van der Waals surface area contributed by atoms with Crippen LogP contribution in [0.1, 0.15) is 0 Å². The normalized spacial score (nSPS) is 18.7. The molecule has 0 unspecified atom stereocenters. The Hall–Kier alpha value is 1.26. The number of hydrogen-bond donors (Lipinski definition) is 6. The summed E-state index contributed by atoms with van der Waals surface area (Å²) in [6.07, 6.45) is -7.80. The number of aldehydes is 1. The van der Waals surface area contributed by atoms with Gasteiger partial charge in [-0.2, -0.15) is 0 Å². The summed E-state index contributed by atoms with van der Waals surface area (Å²) in [5, 5.41) is 36.1.